The lowest BCUT2D eigenvalue weighted by atomic mass is 10.0. The molecule has 3 N–H and O–H groups in total. The average molecular weight is 557 g/mol. The number of nitrogens with zero attached hydrogens (tertiary/aromatic N) is 1. The number of hydrogen-bond acceptors (Lipinski definition) is 7. The Hall–Kier alpha value is -2.04. The standard InChI is InChI=1S/C29H49FN2O7/c1-2-3-4-5-6-7-8-9-10-11-12-13-14-15-16-17-18-19-24(33)38-21-23-25(34)26(35)28(39-23)32-20-22(30)27(36)31-29(32)37/h20,23,25-26,28,34-35H,2-19,21H2,1H3,(H,31,36,37)/t23-,25-,26-,28-/m1/s1. The molecular weight excluding hydrogens is 507 g/mol. The number of rotatable bonds is 21. The first-order chi connectivity index (χ1) is 18.8. The number of aliphatic hydroxyl groups excluding tert-OH is 2. The number of hydrogen-bond donors (Lipinski definition) is 3. The summed E-state index contributed by atoms with van der Waals surface area (Å²) >= 11 is 0. The van der Waals surface area contributed by atoms with Gasteiger partial charge in [-0.3, -0.25) is 19.1 Å². The third kappa shape index (κ3) is 12.3. The summed E-state index contributed by atoms with van der Waals surface area (Å²) in [4.78, 5) is 37.0. The van der Waals surface area contributed by atoms with Crippen LogP contribution in [-0.4, -0.2) is 50.7 Å². The maximum atomic E-state index is 13.6. The van der Waals surface area contributed by atoms with Crippen LogP contribution in [0.2, 0.25) is 0 Å². The molecule has 4 atom stereocenters. The second-order valence-corrected chi connectivity index (χ2v) is 10.8. The molecule has 1 aromatic heterocycles. The quantitative estimate of drug-likeness (QED) is 0.145. The molecule has 1 aromatic rings. The van der Waals surface area contributed by atoms with Crippen molar-refractivity contribution in [3.63, 3.8) is 0 Å². The second-order valence-electron chi connectivity index (χ2n) is 10.8. The predicted octanol–water partition coefficient (Wildman–Crippen LogP) is 4.88. The van der Waals surface area contributed by atoms with Gasteiger partial charge in [-0.2, -0.15) is 4.39 Å². The molecular formula is C29H49FN2O7. The number of halogens is 1. The smallest absolute Gasteiger partial charge is 0.330 e. The maximum Gasteiger partial charge on any atom is 0.330 e. The van der Waals surface area contributed by atoms with E-state index in [0.717, 1.165) is 12.8 Å². The SMILES string of the molecule is CCCCCCCCCCCCCCCCCCCC(=O)OC[C@H]1O[C@@H](n2cc(F)c(=O)[nH]c2=O)[C@H](O)[C@@H]1O. The van der Waals surface area contributed by atoms with Crippen LogP contribution in [0.3, 0.4) is 0 Å². The molecule has 1 aliphatic rings. The number of esters is 1. The van der Waals surface area contributed by atoms with E-state index in [1.54, 1.807) is 4.98 Å². The molecule has 0 amide bonds. The van der Waals surface area contributed by atoms with Gasteiger partial charge in [0.25, 0.3) is 5.56 Å². The van der Waals surface area contributed by atoms with Crippen LogP contribution in [0.15, 0.2) is 15.8 Å². The molecule has 10 heteroatoms. The largest absolute Gasteiger partial charge is 0.463 e. The maximum absolute atomic E-state index is 13.6. The van der Waals surface area contributed by atoms with Crippen molar-refractivity contribution in [1.82, 2.24) is 9.55 Å². The van der Waals surface area contributed by atoms with Gasteiger partial charge in [0.05, 0.1) is 6.20 Å². The van der Waals surface area contributed by atoms with Gasteiger partial charge in [0.1, 0.15) is 24.9 Å². The first-order valence-corrected chi connectivity index (χ1v) is 15.0. The summed E-state index contributed by atoms with van der Waals surface area (Å²) in [6.07, 6.45) is 16.7. The molecule has 0 aliphatic carbocycles. The zero-order valence-electron chi connectivity index (χ0n) is 23.6. The highest BCUT2D eigenvalue weighted by atomic mass is 19.1. The van der Waals surface area contributed by atoms with Gasteiger partial charge in [-0.05, 0) is 6.42 Å². The fourth-order valence-electron chi connectivity index (χ4n) is 4.99. The highest BCUT2D eigenvalue weighted by Crippen LogP contribution is 2.28. The Bertz CT molecular complexity index is 935. The summed E-state index contributed by atoms with van der Waals surface area (Å²) in [5, 5.41) is 20.4. The van der Waals surface area contributed by atoms with Crippen LogP contribution in [0.4, 0.5) is 4.39 Å². The van der Waals surface area contributed by atoms with Crippen LogP contribution in [0.1, 0.15) is 129 Å². The van der Waals surface area contributed by atoms with Crippen molar-refractivity contribution in [2.24, 2.45) is 0 Å². The van der Waals surface area contributed by atoms with Crippen molar-refractivity contribution in [3.05, 3.63) is 32.9 Å². The Labute approximate surface area is 231 Å². The summed E-state index contributed by atoms with van der Waals surface area (Å²) in [5.74, 6) is -1.67. The average Bonchev–Trinajstić information content (AvgIpc) is 3.19. The predicted molar refractivity (Wildman–Crippen MR) is 147 cm³/mol. The Kier molecular flexibility index (Phi) is 16.3. The molecule has 0 aromatic carbocycles. The topological polar surface area (TPSA) is 131 Å². The minimum atomic E-state index is -1.57. The monoisotopic (exact) mass is 556 g/mol. The molecule has 1 saturated heterocycles. The Morgan fingerprint density at radius 1 is 0.872 bits per heavy atom. The number of aromatic amines is 1. The van der Waals surface area contributed by atoms with Crippen molar-refractivity contribution >= 4 is 5.97 Å². The van der Waals surface area contributed by atoms with Gasteiger partial charge in [-0.25, -0.2) is 4.79 Å². The minimum Gasteiger partial charge on any atom is -0.463 e. The van der Waals surface area contributed by atoms with E-state index in [2.05, 4.69) is 6.92 Å². The first-order valence-electron chi connectivity index (χ1n) is 15.0. The van der Waals surface area contributed by atoms with E-state index < -0.39 is 47.6 Å². The van der Waals surface area contributed by atoms with Gasteiger partial charge < -0.3 is 19.7 Å². The number of carbonyl (C=O) groups is 1. The van der Waals surface area contributed by atoms with E-state index >= 15 is 0 Å². The lowest BCUT2D eigenvalue weighted by molar-refractivity contribution is -0.150. The van der Waals surface area contributed by atoms with E-state index in [-0.39, 0.29) is 13.0 Å². The molecule has 9 nitrogen and oxygen atoms in total. The summed E-state index contributed by atoms with van der Waals surface area (Å²) in [6.45, 7) is 1.94. The van der Waals surface area contributed by atoms with E-state index in [1.807, 2.05) is 0 Å². The van der Waals surface area contributed by atoms with E-state index in [9.17, 15) is 29.0 Å². The van der Waals surface area contributed by atoms with Crippen molar-refractivity contribution in [2.45, 2.75) is 147 Å². The van der Waals surface area contributed by atoms with Crippen LogP contribution in [0.5, 0.6) is 0 Å². The number of unbranched alkanes of at least 4 members (excludes halogenated alkanes) is 16. The molecule has 0 unspecified atom stereocenters. The number of aliphatic hydroxyl groups is 2. The van der Waals surface area contributed by atoms with Crippen LogP contribution in [0, 0.1) is 5.82 Å². The van der Waals surface area contributed by atoms with Gasteiger partial charge in [0.2, 0.25) is 5.82 Å². The minimum absolute atomic E-state index is 0.248. The molecule has 2 rings (SSSR count). The number of H-pyrrole nitrogens is 1. The van der Waals surface area contributed by atoms with Gasteiger partial charge >= 0.3 is 11.7 Å². The van der Waals surface area contributed by atoms with E-state index in [4.69, 9.17) is 9.47 Å². The molecule has 39 heavy (non-hydrogen) atoms. The van der Waals surface area contributed by atoms with Crippen LogP contribution >= 0.6 is 0 Å². The Morgan fingerprint density at radius 2 is 1.36 bits per heavy atom. The zero-order chi connectivity index (χ0) is 28.5. The highest BCUT2D eigenvalue weighted by Gasteiger charge is 2.44. The fraction of sp³-hybridized carbons (Fsp3) is 0.828. The summed E-state index contributed by atoms with van der Waals surface area (Å²) in [6, 6.07) is 0. The lowest BCUT2D eigenvalue weighted by Gasteiger charge is -2.16. The molecule has 1 aliphatic heterocycles. The van der Waals surface area contributed by atoms with Gasteiger partial charge in [-0.15, -0.1) is 0 Å². The molecule has 1 fully saturated rings. The Morgan fingerprint density at radius 3 is 1.87 bits per heavy atom. The van der Waals surface area contributed by atoms with Crippen molar-refractivity contribution < 1.29 is 28.9 Å². The number of nitrogens with one attached hydrogen (secondary N) is 1. The zero-order valence-corrected chi connectivity index (χ0v) is 23.6. The third-order valence-electron chi connectivity index (χ3n) is 7.43. The summed E-state index contributed by atoms with van der Waals surface area (Å²) in [7, 11) is 0. The number of ether oxygens (including phenoxy) is 2. The third-order valence-corrected chi connectivity index (χ3v) is 7.43. The van der Waals surface area contributed by atoms with Gasteiger partial charge in [-0.1, -0.05) is 110 Å². The fourth-order valence-corrected chi connectivity index (χ4v) is 4.99. The number of aromatic nitrogens is 2. The summed E-state index contributed by atoms with van der Waals surface area (Å²) in [5.41, 5.74) is -2.19. The normalized spacial score (nSPS) is 20.9. The molecule has 0 spiro atoms. The van der Waals surface area contributed by atoms with Crippen molar-refractivity contribution in [3.8, 4) is 0 Å². The van der Waals surface area contributed by atoms with Crippen molar-refractivity contribution in [1.29, 1.82) is 0 Å². The first kappa shape index (κ1) is 33.2. The van der Waals surface area contributed by atoms with E-state index in [0.29, 0.717) is 17.2 Å². The van der Waals surface area contributed by atoms with E-state index in [1.165, 1.54) is 89.9 Å². The van der Waals surface area contributed by atoms with Crippen LogP contribution < -0.4 is 11.2 Å². The van der Waals surface area contributed by atoms with Crippen molar-refractivity contribution in [2.75, 3.05) is 6.61 Å². The molecule has 224 valence electrons. The molecule has 0 saturated carbocycles. The Balaban J connectivity index is 1.46. The molecule has 0 radical (unpaired) electrons. The molecule has 2 heterocycles. The van der Waals surface area contributed by atoms with Crippen LogP contribution in [0.25, 0.3) is 0 Å². The second kappa shape index (κ2) is 19.1. The number of carbonyl (C=O) groups excluding carboxylic acids is 1. The molecule has 0 bridgehead atoms. The van der Waals surface area contributed by atoms with Gasteiger partial charge in [0, 0.05) is 6.42 Å². The van der Waals surface area contributed by atoms with Gasteiger partial charge in [0.15, 0.2) is 6.23 Å². The highest BCUT2D eigenvalue weighted by molar-refractivity contribution is 5.69. The van der Waals surface area contributed by atoms with Crippen LogP contribution in [-0.2, 0) is 14.3 Å². The summed E-state index contributed by atoms with van der Waals surface area (Å²) < 4.78 is 24.8. The lowest BCUT2D eigenvalue weighted by Crippen LogP contribution is -2.38.